The van der Waals surface area contributed by atoms with Crippen molar-refractivity contribution in [3.8, 4) is 0 Å². The van der Waals surface area contributed by atoms with E-state index in [-0.39, 0.29) is 0 Å². The van der Waals surface area contributed by atoms with E-state index in [4.69, 9.17) is 0 Å². The molecule has 0 saturated carbocycles. The minimum Gasteiger partial charge on any atom is -0.257 e. The van der Waals surface area contributed by atoms with Crippen molar-refractivity contribution in [3.05, 3.63) is 67.0 Å². The molecule has 2 aromatic rings. The van der Waals surface area contributed by atoms with E-state index in [0.717, 1.165) is 24.1 Å². The van der Waals surface area contributed by atoms with E-state index in [0.29, 0.717) is 0 Å². The van der Waals surface area contributed by atoms with Crippen molar-refractivity contribution in [2.75, 3.05) is 11.5 Å². The van der Waals surface area contributed by atoms with Crippen molar-refractivity contribution < 1.29 is 0 Å². The number of hydrogen-bond donors (Lipinski definition) is 0. The molecule has 112 valence electrons. The fourth-order valence-corrected chi connectivity index (χ4v) is 4.66. The van der Waals surface area contributed by atoms with Gasteiger partial charge in [0.25, 0.3) is 0 Å². The Morgan fingerprint density at radius 3 is 2.50 bits per heavy atom. The van der Waals surface area contributed by atoms with Gasteiger partial charge in [0.1, 0.15) is 0 Å². The van der Waals surface area contributed by atoms with Crippen LogP contribution in [-0.4, -0.2) is 16.5 Å². The maximum absolute atomic E-state index is 4.35. The van der Waals surface area contributed by atoms with Gasteiger partial charge in [0.2, 0.25) is 0 Å². The van der Waals surface area contributed by atoms with Gasteiger partial charge in [-0.15, -0.1) is 23.5 Å². The van der Waals surface area contributed by atoms with Gasteiger partial charge in [-0.3, -0.25) is 4.98 Å². The summed E-state index contributed by atoms with van der Waals surface area (Å²) < 4.78 is 0. The number of hydrogen-bond acceptors (Lipinski definition) is 3. The van der Waals surface area contributed by atoms with Crippen LogP contribution in [0.3, 0.4) is 0 Å². The number of fused-ring (bicyclic) bond motifs is 1. The van der Waals surface area contributed by atoms with Crippen LogP contribution < -0.4 is 0 Å². The Kier molecular flexibility index (Phi) is 5.06. The minimum absolute atomic E-state index is 0.898. The van der Waals surface area contributed by atoms with Crippen molar-refractivity contribution in [3.63, 3.8) is 0 Å². The van der Waals surface area contributed by atoms with Crippen LogP contribution in [-0.2, 0) is 0 Å². The third kappa shape index (κ3) is 3.65. The van der Waals surface area contributed by atoms with Gasteiger partial charge < -0.3 is 0 Å². The summed E-state index contributed by atoms with van der Waals surface area (Å²) in [5, 5.41) is 0. The maximum atomic E-state index is 4.35. The maximum Gasteiger partial charge on any atom is 0.0655 e. The quantitative estimate of drug-likeness (QED) is 0.691. The van der Waals surface area contributed by atoms with Gasteiger partial charge in [0.15, 0.2) is 0 Å². The molecule has 0 amide bonds. The molecule has 0 atom stereocenters. The van der Waals surface area contributed by atoms with E-state index in [9.17, 15) is 0 Å². The lowest BCUT2D eigenvalue weighted by atomic mass is 9.99. The van der Waals surface area contributed by atoms with Crippen LogP contribution >= 0.6 is 23.5 Å². The standard InChI is InChI=1S/C19H19NS2/c1-14(6-7-15(2)17-5-3-4-10-20-17)16-8-9-18-19(13-16)22-12-11-21-18/h3-5,8-10,13H,1-2,6-7,11-12H2. The second kappa shape index (κ2) is 7.21. The van der Waals surface area contributed by atoms with Crippen molar-refractivity contribution in [2.45, 2.75) is 22.6 Å². The summed E-state index contributed by atoms with van der Waals surface area (Å²) in [6.45, 7) is 8.41. The first-order valence-corrected chi connectivity index (χ1v) is 9.38. The van der Waals surface area contributed by atoms with Crippen LogP contribution in [0.1, 0.15) is 24.1 Å². The molecule has 2 heterocycles. The first kappa shape index (κ1) is 15.4. The average Bonchev–Trinajstić information content (AvgIpc) is 2.59. The molecule has 0 fully saturated rings. The molecule has 1 aliphatic rings. The Hall–Kier alpha value is -1.45. The molecule has 1 aliphatic heterocycles. The van der Waals surface area contributed by atoms with Crippen LogP contribution in [0.4, 0.5) is 0 Å². The number of nitrogens with zero attached hydrogens (tertiary/aromatic N) is 1. The largest absolute Gasteiger partial charge is 0.257 e. The lowest BCUT2D eigenvalue weighted by Gasteiger charge is -2.16. The number of aromatic nitrogens is 1. The van der Waals surface area contributed by atoms with Gasteiger partial charge in [-0.1, -0.05) is 25.3 Å². The summed E-state index contributed by atoms with van der Waals surface area (Å²) in [5.41, 5.74) is 4.48. The monoisotopic (exact) mass is 325 g/mol. The van der Waals surface area contributed by atoms with Crippen LogP contribution in [0.25, 0.3) is 11.1 Å². The molecule has 0 saturated heterocycles. The Bertz CT molecular complexity index is 692. The fourth-order valence-electron chi connectivity index (χ4n) is 2.41. The van der Waals surface area contributed by atoms with Crippen molar-refractivity contribution in [1.82, 2.24) is 4.98 Å². The average molecular weight is 326 g/mol. The Morgan fingerprint density at radius 2 is 1.73 bits per heavy atom. The lowest BCUT2D eigenvalue weighted by molar-refractivity contribution is 1.07. The van der Waals surface area contributed by atoms with Crippen molar-refractivity contribution in [1.29, 1.82) is 0 Å². The van der Waals surface area contributed by atoms with Crippen molar-refractivity contribution in [2.24, 2.45) is 0 Å². The van der Waals surface area contributed by atoms with Gasteiger partial charge in [-0.05, 0) is 53.8 Å². The predicted octanol–water partition coefficient (Wildman–Crippen LogP) is 5.79. The van der Waals surface area contributed by atoms with Gasteiger partial charge in [-0.2, -0.15) is 0 Å². The first-order chi connectivity index (χ1) is 10.7. The van der Waals surface area contributed by atoms with Gasteiger partial charge in [-0.25, -0.2) is 0 Å². The Balaban J connectivity index is 1.64. The van der Waals surface area contributed by atoms with E-state index in [1.54, 1.807) is 0 Å². The van der Waals surface area contributed by atoms with E-state index < -0.39 is 0 Å². The SMILES string of the molecule is C=C(CCC(=C)c1ccccn1)c1ccc2c(c1)SCCS2. The molecule has 1 aromatic carbocycles. The van der Waals surface area contributed by atoms with Crippen LogP contribution in [0.2, 0.25) is 0 Å². The highest BCUT2D eigenvalue weighted by Gasteiger charge is 2.12. The molecule has 0 bridgehead atoms. The molecule has 0 unspecified atom stereocenters. The number of pyridine rings is 1. The summed E-state index contributed by atoms with van der Waals surface area (Å²) in [5.74, 6) is 2.41. The molecular weight excluding hydrogens is 306 g/mol. The highest BCUT2D eigenvalue weighted by molar-refractivity contribution is 8.05. The lowest BCUT2D eigenvalue weighted by Crippen LogP contribution is -1.95. The summed E-state index contributed by atoms with van der Waals surface area (Å²) in [7, 11) is 0. The molecule has 3 heteroatoms. The molecule has 0 N–H and O–H groups in total. The molecular formula is C19H19NS2. The normalized spacial score (nSPS) is 13.5. The zero-order chi connectivity index (χ0) is 15.4. The molecule has 1 aromatic heterocycles. The molecule has 3 rings (SSSR count). The third-order valence-electron chi connectivity index (χ3n) is 3.71. The van der Waals surface area contributed by atoms with Gasteiger partial charge in [0, 0.05) is 27.5 Å². The van der Waals surface area contributed by atoms with Gasteiger partial charge >= 0.3 is 0 Å². The second-order valence-corrected chi connectivity index (χ2v) is 7.55. The Labute approximate surface area is 140 Å². The molecule has 1 nitrogen and oxygen atoms in total. The fraction of sp³-hybridized carbons (Fsp3) is 0.211. The van der Waals surface area contributed by atoms with E-state index in [1.165, 1.54) is 32.4 Å². The number of rotatable bonds is 5. The molecule has 0 aliphatic carbocycles. The molecule has 0 spiro atoms. The summed E-state index contributed by atoms with van der Waals surface area (Å²) in [6, 6.07) is 12.7. The third-order valence-corrected chi connectivity index (χ3v) is 6.23. The second-order valence-electron chi connectivity index (χ2n) is 5.28. The van der Waals surface area contributed by atoms with Crippen LogP contribution in [0.15, 0.2) is 65.5 Å². The number of thioether (sulfide) groups is 2. The summed E-state index contributed by atoms with van der Waals surface area (Å²) in [6.07, 6.45) is 3.63. The highest BCUT2D eigenvalue weighted by Crippen LogP contribution is 2.38. The highest BCUT2D eigenvalue weighted by atomic mass is 32.2. The first-order valence-electron chi connectivity index (χ1n) is 7.41. The van der Waals surface area contributed by atoms with E-state index in [1.807, 2.05) is 47.9 Å². The van der Waals surface area contributed by atoms with Crippen LogP contribution in [0.5, 0.6) is 0 Å². The van der Waals surface area contributed by atoms with Crippen LogP contribution in [0, 0.1) is 0 Å². The summed E-state index contributed by atoms with van der Waals surface area (Å²) in [4.78, 5) is 7.16. The van der Waals surface area contributed by atoms with Gasteiger partial charge in [0.05, 0.1) is 5.69 Å². The zero-order valence-electron chi connectivity index (χ0n) is 12.5. The zero-order valence-corrected chi connectivity index (χ0v) is 14.2. The molecule has 22 heavy (non-hydrogen) atoms. The summed E-state index contributed by atoms with van der Waals surface area (Å²) >= 11 is 3.90. The number of benzene rings is 1. The molecule has 0 radical (unpaired) electrons. The number of allylic oxidation sites excluding steroid dienone is 2. The topological polar surface area (TPSA) is 12.9 Å². The van der Waals surface area contributed by atoms with E-state index in [2.05, 4.69) is 36.3 Å². The van der Waals surface area contributed by atoms with E-state index >= 15 is 0 Å². The minimum atomic E-state index is 0.898. The van der Waals surface area contributed by atoms with Crippen molar-refractivity contribution >= 4 is 34.7 Å². The predicted molar refractivity (Wildman–Crippen MR) is 99.4 cm³/mol. The smallest absolute Gasteiger partial charge is 0.0655 e. The Morgan fingerprint density at radius 1 is 0.955 bits per heavy atom.